The summed E-state index contributed by atoms with van der Waals surface area (Å²) >= 11 is 7.00. The average molecular weight is 257 g/mol. The fourth-order valence-electron chi connectivity index (χ4n) is 1.14. The van der Waals surface area contributed by atoms with Crippen molar-refractivity contribution in [1.29, 1.82) is 0 Å². The van der Waals surface area contributed by atoms with Gasteiger partial charge in [-0.05, 0) is 19.1 Å². The molecule has 0 unspecified atom stereocenters. The molecule has 2 aromatic rings. The highest BCUT2D eigenvalue weighted by Crippen LogP contribution is 2.27. The van der Waals surface area contributed by atoms with Crippen LogP contribution >= 0.6 is 23.4 Å². The molecule has 0 bridgehead atoms. The molecule has 2 N–H and O–H groups in total. The van der Waals surface area contributed by atoms with Gasteiger partial charge in [0.05, 0.1) is 5.25 Å². The van der Waals surface area contributed by atoms with Crippen LogP contribution < -0.4 is 5.73 Å². The Balaban J connectivity index is 2.29. The minimum absolute atomic E-state index is 0.372. The molecule has 1 aromatic heterocycles. The number of benzene rings is 1. The smallest absolute Gasteiger partial charge is 0.257 e. The number of carbonyl (C=O) groups is 1. The van der Waals surface area contributed by atoms with E-state index in [1.165, 1.54) is 11.8 Å². The second-order valence-corrected chi connectivity index (χ2v) is 4.98. The van der Waals surface area contributed by atoms with Crippen molar-refractivity contribution in [1.82, 2.24) is 4.98 Å². The van der Waals surface area contributed by atoms with E-state index >= 15 is 0 Å². The summed E-state index contributed by atoms with van der Waals surface area (Å²) in [5.74, 6) is -0.398. The Morgan fingerprint density at radius 3 is 3.06 bits per heavy atom. The van der Waals surface area contributed by atoms with Crippen LogP contribution in [0.25, 0.3) is 11.1 Å². The van der Waals surface area contributed by atoms with E-state index in [0.29, 0.717) is 21.3 Å². The molecule has 0 aliphatic rings. The molecular formula is C10H9ClN2O2S. The number of carbonyl (C=O) groups excluding carboxylic acids is 1. The Bertz CT molecular complexity index is 541. The Hall–Kier alpha value is -1.20. The third-order valence-corrected chi connectivity index (χ3v) is 3.21. The number of rotatable bonds is 3. The SMILES string of the molecule is C[C@@H](Sc1nc2ccc(Cl)cc2o1)C(N)=O. The predicted octanol–water partition coefficient (Wildman–Crippen LogP) is 2.45. The van der Waals surface area contributed by atoms with Crippen molar-refractivity contribution < 1.29 is 9.21 Å². The Morgan fingerprint density at radius 1 is 1.62 bits per heavy atom. The van der Waals surface area contributed by atoms with E-state index in [0.717, 1.165) is 0 Å². The highest BCUT2D eigenvalue weighted by Gasteiger charge is 2.15. The molecule has 0 saturated carbocycles. The van der Waals surface area contributed by atoms with Gasteiger partial charge in [0.2, 0.25) is 5.91 Å². The summed E-state index contributed by atoms with van der Waals surface area (Å²) in [6.45, 7) is 1.70. The largest absolute Gasteiger partial charge is 0.431 e. The Labute approximate surface area is 101 Å². The molecular weight excluding hydrogens is 248 g/mol. The minimum Gasteiger partial charge on any atom is -0.431 e. The number of thioether (sulfide) groups is 1. The van der Waals surface area contributed by atoms with Gasteiger partial charge in [-0.3, -0.25) is 4.79 Å². The monoisotopic (exact) mass is 256 g/mol. The maximum atomic E-state index is 10.9. The van der Waals surface area contributed by atoms with Gasteiger partial charge in [-0.1, -0.05) is 23.4 Å². The summed E-state index contributed by atoms with van der Waals surface area (Å²) in [6, 6.07) is 5.18. The first-order valence-electron chi connectivity index (χ1n) is 4.58. The number of aromatic nitrogens is 1. The van der Waals surface area contributed by atoms with Crippen molar-refractivity contribution in [3.8, 4) is 0 Å². The van der Waals surface area contributed by atoms with Crippen LogP contribution in [0.4, 0.5) is 0 Å². The Morgan fingerprint density at radius 2 is 2.38 bits per heavy atom. The average Bonchev–Trinajstić information content (AvgIpc) is 2.58. The molecule has 2 rings (SSSR count). The first-order valence-corrected chi connectivity index (χ1v) is 5.84. The van der Waals surface area contributed by atoms with Crippen molar-refractivity contribution in [2.45, 2.75) is 17.4 Å². The highest BCUT2D eigenvalue weighted by molar-refractivity contribution is 8.00. The molecule has 16 heavy (non-hydrogen) atoms. The standard InChI is InChI=1S/C10H9ClN2O2S/c1-5(9(12)14)16-10-13-7-3-2-6(11)4-8(7)15-10/h2-5H,1H3,(H2,12,14)/t5-/m1/s1. The number of nitrogens with zero attached hydrogens (tertiary/aromatic N) is 1. The van der Waals surface area contributed by atoms with Gasteiger partial charge in [0.1, 0.15) is 5.52 Å². The molecule has 1 aromatic carbocycles. The van der Waals surface area contributed by atoms with E-state index < -0.39 is 5.91 Å². The first-order chi connectivity index (χ1) is 7.56. The highest BCUT2D eigenvalue weighted by atomic mass is 35.5. The number of primary amides is 1. The summed E-state index contributed by atoms with van der Waals surface area (Å²) in [4.78, 5) is 15.1. The van der Waals surface area contributed by atoms with Gasteiger partial charge in [-0.15, -0.1) is 0 Å². The second-order valence-electron chi connectivity index (χ2n) is 3.25. The molecule has 4 nitrogen and oxygen atoms in total. The topological polar surface area (TPSA) is 69.1 Å². The quantitative estimate of drug-likeness (QED) is 0.857. The summed E-state index contributed by atoms with van der Waals surface area (Å²) in [6.07, 6.45) is 0. The lowest BCUT2D eigenvalue weighted by atomic mass is 10.3. The zero-order valence-corrected chi connectivity index (χ0v) is 10.0. The van der Waals surface area contributed by atoms with Crippen LogP contribution in [0.5, 0.6) is 0 Å². The van der Waals surface area contributed by atoms with Crippen LogP contribution in [0.15, 0.2) is 27.8 Å². The lowest BCUT2D eigenvalue weighted by Gasteiger charge is -2.00. The fourth-order valence-corrected chi connectivity index (χ4v) is 2.01. The molecule has 0 saturated heterocycles. The molecule has 0 aliphatic heterocycles. The molecule has 6 heteroatoms. The van der Waals surface area contributed by atoms with E-state index in [1.54, 1.807) is 25.1 Å². The molecule has 0 aliphatic carbocycles. The van der Waals surface area contributed by atoms with Gasteiger partial charge in [-0.25, -0.2) is 4.98 Å². The maximum absolute atomic E-state index is 10.9. The zero-order valence-electron chi connectivity index (χ0n) is 8.44. The van der Waals surface area contributed by atoms with Gasteiger partial charge in [-0.2, -0.15) is 0 Å². The number of fused-ring (bicyclic) bond motifs is 1. The van der Waals surface area contributed by atoms with E-state index in [1.807, 2.05) is 0 Å². The van der Waals surface area contributed by atoms with Crippen LogP contribution in [0.1, 0.15) is 6.92 Å². The van der Waals surface area contributed by atoms with E-state index in [4.69, 9.17) is 21.8 Å². The van der Waals surface area contributed by atoms with Gasteiger partial charge in [0.25, 0.3) is 5.22 Å². The number of oxazole rings is 1. The van der Waals surface area contributed by atoms with Gasteiger partial charge in [0, 0.05) is 11.1 Å². The van der Waals surface area contributed by atoms with Crippen molar-refractivity contribution in [3.63, 3.8) is 0 Å². The zero-order chi connectivity index (χ0) is 11.7. The molecule has 84 valence electrons. The minimum atomic E-state index is -0.398. The molecule has 0 radical (unpaired) electrons. The van der Waals surface area contributed by atoms with Gasteiger partial charge < -0.3 is 10.2 Å². The van der Waals surface area contributed by atoms with Crippen molar-refractivity contribution in [2.24, 2.45) is 5.73 Å². The van der Waals surface area contributed by atoms with Crippen LogP contribution in [-0.2, 0) is 4.79 Å². The van der Waals surface area contributed by atoms with Gasteiger partial charge in [0.15, 0.2) is 5.58 Å². The van der Waals surface area contributed by atoms with E-state index in [-0.39, 0.29) is 5.25 Å². The van der Waals surface area contributed by atoms with Crippen molar-refractivity contribution in [3.05, 3.63) is 23.2 Å². The Kier molecular flexibility index (Phi) is 3.07. The molecule has 1 amide bonds. The van der Waals surface area contributed by atoms with Crippen LogP contribution in [0, 0.1) is 0 Å². The van der Waals surface area contributed by atoms with Crippen molar-refractivity contribution in [2.75, 3.05) is 0 Å². The van der Waals surface area contributed by atoms with Gasteiger partial charge >= 0.3 is 0 Å². The van der Waals surface area contributed by atoms with E-state index in [9.17, 15) is 4.79 Å². The lowest BCUT2D eigenvalue weighted by molar-refractivity contribution is -0.117. The lowest BCUT2D eigenvalue weighted by Crippen LogP contribution is -2.22. The number of hydrogen-bond acceptors (Lipinski definition) is 4. The normalized spacial score (nSPS) is 12.9. The predicted molar refractivity (Wildman–Crippen MR) is 63.5 cm³/mol. The fraction of sp³-hybridized carbons (Fsp3) is 0.200. The summed E-state index contributed by atoms with van der Waals surface area (Å²) in [5, 5.41) is 0.634. The number of hydrogen-bond donors (Lipinski definition) is 1. The van der Waals surface area contributed by atoms with Crippen molar-refractivity contribution >= 4 is 40.4 Å². The third-order valence-electron chi connectivity index (χ3n) is 2.01. The molecule has 1 heterocycles. The molecule has 1 atom stereocenters. The first kappa shape index (κ1) is 11.3. The summed E-state index contributed by atoms with van der Waals surface area (Å²) in [7, 11) is 0. The second kappa shape index (κ2) is 4.35. The van der Waals surface area contributed by atoms with Crippen LogP contribution in [0.3, 0.4) is 0 Å². The van der Waals surface area contributed by atoms with E-state index in [2.05, 4.69) is 4.98 Å². The maximum Gasteiger partial charge on any atom is 0.257 e. The summed E-state index contributed by atoms with van der Waals surface area (Å²) < 4.78 is 5.43. The van der Waals surface area contributed by atoms with Crippen LogP contribution in [-0.4, -0.2) is 16.1 Å². The number of nitrogens with two attached hydrogens (primary N) is 1. The number of halogens is 1. The molecule has 0 fully saturated rings. The molecule has 0 spiro atoms. The third kappa shape index (κ3) is 2.31. The van der Waals surface area contributed by atoms with Crippen LogP contribution in [0.2, 0.25) is 5.02 Å². The summed E-state index contributed by atoms with van der Waals surface area (Å²) in [5.41, 5.74) is 6.47. The number of amides is 1.